The van der Waals surface area contributed by atoms with E-state index in [-0.39, 0.29) is 5.92 Å². The van der Waals surface area contributed by atoms with Crippen molar-refractivity contribution in [3.05, 3.63) is 0 Å². The van der Waals surface area contributed by atoms with Crippen LogP contribution in [0.1, 0.15) is 27.2 Å². The smallest absolute Gasteiger partial charge is 0.153 e. The number of rotatable bonds is 1. The van der Waals surface area contributed by atoms with Crippen LogP contribution in [0.3, 0.4) is 0 Å². The zero-order valence-corrected chi connectivity index (χ0v) is 7.60. The molecular weight excluding hydrogens is 141 g/mol. The molecular formula is C9H18FN. The molecule has 1 N–H and O–H groups in total. The lowest BCUT2D eigenvalue weighted by molar-refractivity contribution is 0.104. The topological polar surface area (TPSA) is 12.0 Å². The van der Waals surface area contributed by atoms with Crippen LogP contribution in [0.4, 0.5) is 4.39 Å². The second-order valence-electron chi connectivity index (χ2n) is 4.03. The van der Waals surface area contributed by atoms with Crippen LogP contribution in [0.15, 0.2) is 0 Å². The largest absolute Gasteiger partial charge is 0.287 e. The van der Waals surface area contributed by atoms with Crippen LogP contribution >= 0.6 is 0 Å². The molecule has 66 valence electrons. The van der Waals surface area contributed by atoms with E-state index < -0.39 is 6.30 Å². The Balaban J connectivity index is 2.40. The van der Waals surface area contributed by atoms with Gasteiger partial charge < -0.3 is 0 Å². The third kappa shape index (κ3) is 2.16. The van der Waals surface area contributed by atoms with Crippen LogP contribution in [0.25, 0.3) is 0 Å². The monoisotopic (exact) mass is 159 g/mol. The number of nitrogens with one attached hydrogen (secondary N) is 1. The molecule has 1 fully saturated rings. The predicted octanol–water partition coefficient (Wildman–Crippen LogP) is 2.18. The Morgan fingerprint density at radius 2 is 2.09 bits per heavy atom. The highest BCUT2D eigenvalue weighted by Crippen LogP contribution is 2.26. The van der Waals surface area contributed by atoms with Gasteiger partial charge in [-0.3, -0.25) is 5.32 Å². The maximum atomic E-state index is 12.9. The van der Waals surface area contributed by atoms with E-state index in [0.717, 1.165) is 13.0 Å². The molecule has 0 amide bonds. The van der Waals surface area contributed by atoms with Crippen molar-refractivity contribution in [1.29, 1.82) is 0 Å². The lowest BCUT2D eigenvalue weighted by Gasteiger charge is -2.32. The van der Waals surface area contributed by atoms with E-state index in [1.807, 2.05) is 6.92 Å². The molecule has 0 radical (unpaired) electrons. The van der Waals surface area contributed by atoms with Crippen molar-refractivity contribution in [2.45, 2.75) is 33.5 Å². The molecule has 1 rings (SSSR count). The number of piperidine rings is 1. The molecule has 0 aromatic heterocycles. The lowest BCUT2D eigenvalue weighted by Crippen LogP contribution is -2.43. The summed E-state index contributed by atoms with van der Waals surface area (Å²) in [4.78, 5) is 0. The first-order valence-electron chi connectivity index (χ1n) is 4.48. The fraction of sp³-hybridized carbons (Fsp3) is 1.00. The normalized spacial score (nSPS) is 39.5. The molecule has 0 aliphatic carbocycles. The van der Waals surface area contributed by atoms with Crippen molar-refractivity contribution in [1.82, 2.24) is 5.32 Å². The summed E-state index contributed by atoms with van der Waals surface area (Å²) in [5.74, 6) is 1.53. The number of halogens is 1. The van der Waals surface area contributed by atoms with Gasteiger partial charge in [-0.15, -0.1) is 0 Å². The minimum absolute atomic E-state index is 0.191. The average Bonchev–Trinajstić information content (AvgIpc) is 1.94. The summed E-state index contributed by atoms with van der Waals surface area (Å²) < 4.78 is 12.9. The molecule has 1 aliphatic rings. The SMILES string of the molecule is CC(C)C1CNC(F)C(C)C1. The van der Waals surface area contributed by atoms with Crippen molar-refractivity contribution in [3.63, 3.8) is 0 Å². The van der Waals surface area contributed by atoms with Crippen molar-refractivity contribution < 1.29 is 4.39 Å². The zero-order chi connectivity index (χ0) is 8.43. The highest BCUT2D eigenvalue weighted by Gasteiger charge is 2.27. The molecule has 0 aromatic carbocycles. The number of hydrogen-bond acceptors (Lipinski definition) is 1. The van der Waals surface area contributed by atoms with Crippen LogP contribution in [0.2, 0.25) is 0 Å². The first-order chi connectivity index (χ1) is 5.11. The molecule has 1 heterocycles. The van der Waals surface area contributed by atoms with Crippen LogP contribution in [0, 0.1) is 17.8 Å². The van der Waals surface area contributed by atoms with E-state index in [1.165, 1.54) is 0 Å². The third-order valence-corrected chi connectivity index (χ3v) is 2.69. The average molecular weight is 159 g/mol. The molecule has 1 nitrogen and oxygen atoms in total. The van der Waals surface area contributed by atoms with Gasteiger partial charge >= 0.3 is 0 Å². The van der Waals surface area contributed by atoms with Gasteiger partial charge in [0.15, 0.2) is 6.30 Å². The molecule has 0 aromatic rings. The number of alkyl halides is 1. The Labute approximate surface area is 68.4 Å². The van der Waals surface area contributed by atoms with Crippen molar-refractivity contribution in [3.8, 4) is 0 Å². The maximum absolute atomic E-state index is 12.9. The summed E-state index contributed by atoms with van der Waals surface area (Å²) in [6.45, 7) is 7.24. The van der Waals surface area contributed by atoms with Crippen molar-refractivity contribution >= 4 is 0 Å². The summed E-state index contributed by atoms with van der Waals surface area (Å²) in [6.07, 6.45) is 0.260. The molecule has 3 atom stereocenters. The molecule has 0 spiro atoms. The van der Waals surface area contributed by atoms with E-state index in [4.69, 9.17) is 0 Å². The second-order valence-corrected chi connectivity index (χ2v) is 4.03. The molecule has 0 bridgehead atoms. The van der Waals surface area contributed by atoms with Gasteiger partial charge in [-0.2, -0.15) is 0 Å². The van der Waals surface area contributed by atoms with E-state index in [2.05, 4.69) is 19.2 Å². The van der Waals surface area contributed by atoms with Gasteiger partial charge in [0.2, 0.25) is 0 Å². The van der Waals surface area contributed by atoms with Crippen LogP contribution < -0.4 is 5.32 Å². The molecule has 1 saturated heterocycles. The maximum Gasteiger partial charge on any atom is 0.153 e. The quantitative estimate of drug-likeness (QED) is 0.578. The van der Waals surface area contributed by atoms with Crippen LogP contribution in [-0.4, -0.2) is 12.8 Å². The summed E-state index contributed by atoms with van der Waals surface area (Å²) in [5, 5.41) is 2.90. The van der Waals surface area contributed by atoms with Gasteiger partial charge in [-0.05, 0) is 18.3 Å². The minimum atomic E-state index is -0.773. The Morgan fingerprint density at radius 3 is 2.55 bits per heavy atom. The zero-order valence-electron chi connectivity index (χ0n) is 7.60. The summed E-state index contributed by atoms with van der Waals surface area (Å²) in [6, 6.07) is 0. The molecule has 0 saturated carbocycles. The lowest BCUT2D eigenvalue weighted by atomic mass is 9.84. The Kier molecular flexibility index (Phi) is 2.88. The van der Waals surface area contributed by atoms with Crippen molar-refractivity contribution in [2.24, 2.45) is 17.8 Å². The van der Waals surface area contributed by atoms with Gasteiger partial charge in [0, 0.05) is 12.5 Å². The Bertz CT molecular complexity index is 125. The highest BCUT2D eigenvalue weighted by atomic mass is 19.1. The van der Waals surface area contributed by atoms with Gasteiger partial charge in [0.25, 0.3) is 0 Å². The van der Waals surface area contributed by atoms with E-state index in [9.17, 15) is 4.39 Å². The van der Waals surface area contributed by atoms with Gasteiger partial charge in [0.1, 0.15) is 0 Å². The minimum Gasteiger partial charge on any atom is -0.287 e. The second kappa shape index (κ2) is 3.53. The fourth-order valence-electron chi connectivity index (χ4n) is 1.65. The van der Waals surface area contributed by atoms with E-state index in [0.29, 0.717) is 11.8 Å². The third-order valence-electron chi connectivity index (χ3n) is 2.69. The van der Waals surface area contributed by atoms with Crippen molar-refractivity contribution in [2.75, 3.05) is 6.54 Å². The summed E-state index contributed by atoms with van der Waals surface area (Å²) in [7, 11) is 0. The Morgan fingerprint density at radius 1 is 1.45 bits per heavy atom. The van der Waals surface area contributed by atoms with Crippen LogP contribution in [0.5, 0.6) is 0 Å². The van der Waals surface area contributed by atoms with E-state index >= 15 is 0 Å². The molecule has 1 aliphatic heterocycles. The standard InChI is InChI=1S/C9H18FN/c1-6(2)8-4-7(3)9(10)11-5-8/h6-9,11H,4-5H2,1-3H3. The summed E-state index contributed by atoms with van der Waals surface area (Å²) >= 11 is 0. The highest BCUT2D eigenvalue weighted by molar-refractivity contribution is 4.78. The van der Waals surface area contributed by atoms with Gasteiger partial charge in [0.05, 0.1) is 0 Å². The Hall–Kier alpha value is -0.110. The van der Waals surface area contributed by atoms with Crippen LogP contribution in [-0.2, 0) is 0 Å². The van der Waals surface area contributed by atoms with E-state index in [1.54, 1.807) is 0 Å². The first-order valence-corrected chi connectivity index (χ1v) is 4.48. The summed E-state index contributed by atoms with van der Waals surface area (Å²) in [5.41, 5.74) is 0. The fourth-order valence-corrected chi connectivity index (χ4v) is 1.65. The predicted molar refractivity (Wildman–Crippen MR) is 45.0 cm³/mol. The van der Waals surface area contributed by atoms with Gasteiger partial charge in [-0.1, -0.05) is 20.8 Å². The number of hydrogen-bond donors (Lipinski definition) is 1. The first kappa shape index (κ1) is 8.98. The molecule has 2 heteroatoms. The molecule has 11 heavy (non-hydrogen) atoms. The molecule has 3 unspecified atom stereocenters. The van der Waals surface area contributed by atoms with Gasteiger partial charge in [-0.25, -0.2) is 4.39 Å².